The van der Waals surface area contributed by atoms with Crippen LogP contribution in [0.3, 0.4) is 0 Å². The van der Waals surface area contributed by atoms with Crippen LogP contribution in [-0.2, 0) is 6.61 Å². The van der Waals surface area contributed by atoms with Crippen LogP contribution < -0.4 is 10.1 Å². The molecule has 0 spiro atoms. The van der Waals surface area contributed by atoms with Crippen molar-refractivity contribution in [3.63, 3.8) is 0 Å². The van der Waals surface area contributed by atoms with Gasteiger partial charge in [-0.3, -0.25) is 4.79 Å². The van der Waals surface area contributed by atoms with Crippen molar-refractivity contribution in [2.75, 3.05) is 13.2 Å². The molecule has 6 heteroatoms. The number of nitrogens with one attached hydrogen (secondary N) is 1. The summed E-state index contributed by atoms with van der Waals surface area (Å²) in [7, 11) is 0. The Bertz CT molecular complexity index is 1460. The fourth-order valence-electron chi connectivity index (χ4n) is 5.51. The molecule has 4 nitrogen and oxygen atoms in total. The van der Waals surface area contributed by atoms with Crippen LogP contribution in [0.1, 0.15) is 59.5 Å². The number of ether oxygens (including phenoxy) is 1. The van der Waals surface area contributed by atoms with Gasteiger partial charge in [-0.2, -0.15) is 0 Å². The van der Waals surface area contributed by atoms with Crippen molar-refractivity contribution in [2.45, 2.75) is 44.6 Å². The minimum absolute atomic E-state index is 0.135. The molecule has 1 amide bonds. The maximum Gasteiger partial charge on any atom is 0.251 e. The van der Waals surface area contributed by atoms with E-state index in [1.165, 1.54) is 30.9 Å². The van der Waals surface area contributed by atoms with Gasteiger partial charge in [0.05, 0.1) is 6.61 Å². The molecule has 2 N–H and O–H groups in total. The van der Waals surface area contributed by atoms with Gasteiger partial charge in [0, 0.05) is 28.8 Å². The van der Waals surface area contributed by atoms with Crippen LogP contribution in [0.25, 0.3) is 22.3 Å². The molecule has 1 aliphatic rings. The van der Waals surface area contributed by atoms with E-state index in [-0.39, 0.29) is 31.5 Å². The number of aliphatic hydroxyl groups excluding tert-OH is 1. The van der Waals surface area contributed by atoms with E-state index in [1.54, 1.807) is 24.3 Å². The first-order valence-electron chi connectivity index (χ1n) is 13.8. The second-order valence-electron chi connectivity index (χ2n) is 10.2. The van der Waals surface area contributed by atoms with Crippen LogP contribution in [0.5, 0.6) is 5.75 Å². The van der Waals surface area contributed by atoms with Crippen molar-refractivity contribution in [1.29, 1.82) is 0 Å². The summed E-state index contributed by atoms with van der Waals surface area (Å²) in [4.78, 5) is 12.6. The smallest absolute Gasteiger partial charge is 0.251 e. The maximum atomic E-state index is 15.5. The van der Waals surface area contributed by atoms with Crippen molar-refractivity contribution >= 4 is 17.5 Å². The largest absolute Gasteiger partial charge is 0.489 e. The lowest BCUT2D eigenvalue weighted by Crippen LogP contribution is -2.26. The molecule has 0 aliphatic heterocycles. The zero-order valence-electron chi connectivity index (χ0n) is 22.3. The van der Waals surface area contributed by atoms with E-state index >= 15 is 4.39 Å². The van der Waals surface area contributed by atoms with Crippen LogP contribution in [0.15, 0.2) is 84.9 Å². The molecule has 5 rings (SSSR count). The van der Waals surface area contributed by atoms with Crippen LogP contribution in [-0.4, -0.2) is 24.2 Å². The van der Waals surface area contributed by atoms with Gasteiger partial charge in [-0.25, -0.2) is 4.39 Å². The van der Waals surface area contributed by atoms with Gasteiger partial charge in [-0.1, -0.05) is 73.3 Å². The van der Waals surface area contributed by atoms with Gasteiger partial charge >= 0.3 is 0 Å². The predicted molar refractivity (Wildman–Crippen MR) is 158 cm³/mol. The molecule has 1 saturated carbocycles. The summed E-state index contributed by atoms with van der Waals surface area (Å²) in [5.74, 6) is 0.266. The molecule has 40 heavy (non-hydrogen) atoms. The van der Waals surface area contributed by atoms with Crippen LogP contribution >= 0.6 is 11.6 Å². The summed E-state index contributed by atoms with van der Waals surface area (Å²) in [6.45, 7) is 0.160. The minimum Gasteiger partial charge on any atom is -0.489 e. The molecule has 1 aliphatic carbocycles. The summed E-state index contributed by atoms with van der Waals surface area (Å²) >= 11 is 6.09. The first kappa shape index (κ1) is 27.9. The summed E-state index contributed by atoms with van der Waals surface area (Å²) in [6, 6.07) is 26.0. The average Bonchev–Trinajstić information content (AvgIpc) is 2.99. The van der Waals surface area contributed by atoms with Crippen molar-refractivity contribution in [3.05, 3.63) is 112 Å². The lowest BCUT2D eigenvalue weighted by molar-refractivity contribution is 0.0944. The Morgan fingerprint density at radius 3 is 2.40 bits per heavy atom. The van der Waals surface area contributed by atoms with Crippen molar-refractivity contribution < 1.29 is 19.0 Å². The quantitative estimate of drug-likeness (QED) is 0.218. The third-order valence-corrected chi connectivity index (χ3v) is 7.80. The normalized spacial score (nSPS) is 13.7. The first-order chi connectivity index (χ1) is 19.5. The average molecular weight is 558 g/mol. The van der Waals surface area contributed by atoms with Gasteiger partial charge < -0.3 is 15.2 Å². The van der Waals surface area contributed by atoms with Gasteiger partial charge in [-0.15, -0.1) is 0 Å². The van der Waals surface area contributed by atoms with Crippen LogP contribution in [0, 0.1) is 5.82 Å². The Balaban J connectivity index is 1.40. The van der Waals surface area contributed by atoms with E-state index in [2.05, 4.69) is 11.4 Å². The molecule has 206 valence electrons. The highest BCUT2D eigenvalue weighted by molar-refractivity contribution is 6.30. The molecule has 0 aromatic heterocycles. The van der Waals surface area contributed by atoms with Gasteiger partial charge in [0.2, 0.25) is 0 Å². The molecular formula is C34H33ClFNO3. The Labute approximate surface area is 239 Å². The fraction of sp³-hybridized carbons (Fsp3) is 0.265. The van der Waals surface area contributed by atoms with Crippen molar-refractivity contribution in [3.8, 4) is 28.0 Å². The highest BCUT2D eigenvalue weighted by atomic mass is 35.5. The highest BCUT2D eigenvalue weighted by Gasteiger charge is 2.20. The predicted octanol–water partition coefficient (Wildman–Crippen LogP) is 8.16. The molecule has 0 saturated heterocycles. The number of benzene rings is 4. The van der Waals surface area contributed by atoms with Gasteiger partial charge in [0.25, 0.3) is 5.91 Å². The van der Waals surface area contributed by atoms with E-state index in [0.29, 0.717) is 27.8 Å². The summed E-state index contributed by atoms with van der Waals surface area (Å²) in [5.41, 5.74) is 5.78. The number of rotatable bonds is 9. The lowest BCUT2D eigenvalue weighted by atomic mass is 9.81. The molecule has 0 radical (unpaired) electrons. The van der Waals surface area contributed by atoms with E-state index in [9.17, 15) is 4.79 Å². The molecule has 0 atom stereocenters. The standard InChI is InChI=1S/C34H33ClFNO3/c35-27-13-10-24(11-14-27)29-16-12-25(34(39)37-18-19-38)20-26(29)22-40-28-15-17-32(33(36)21-28)31-9-5-4-8-30(31)23-6-2-1-3-7-23/h4-5,8-17,20-21,23,38H,1-3,6-7,18-19,22H2,(H,37,39). The zero-order valence-corrected chi connectivity index (χ0v) is 23.1. The molecule has 0 bridgehead atoms. The van der Waals surface area contributed by atoms with Crippen LogP contribution in [0.4, 0.5) is 4.39 Å². The molecule has 4 aromatic rings. The van der Waals surface area contributed by atoms with Gasteiger partial charge in [0.1, 0.15) is 18.2 Å². The summed E-state index contributed by atoms with van der Waals surface area (Å²) in [5, 5.41) is 12.4. The topological polar surface area (TPSA) is 58.6 Å². The Kier molecular flexibility index (Phi) is 9.15. The fourth-order valence-corrected chi connectivity index (χ4v) is 5.64. The number of carbonyl (C=O) groups is 1. The van der Waals surface area contributed by atoms with Gasteiger partial charge in [0.15, 0.2) is 0 Å². The second-order valence-corrected chi connectivity index (χ2v) is 10.6. The van der Waals surface area contributed by atoms with Gasteiger partial charge in [-0.05, 0) is 83.0 Å². The number of hydrogen-bond donors (Lipinski definition) is 2. The number of amides is 1. The van der Waals surface area contributed by atoms with E-state index in [1.807, 2.05) is 48.5 Å². The zero-order chi connectivity index (χ0) is 27.9. The van der Waals surface area contributed by atoms with Crippen molar-refractivity contribution in [2.24, 2.45) is 0 Å². The summed E-state index contributed by atoms with van der Waals surface area (Å²) in [6.07, 6.45) is 6.00. The molecule has 0 unspecified atom stereocenters. The van der Waals surface area contributed by atoms with E-state index in [4.69, 9.17) is 21.4 Å². The molecule has 0 heterocycles. The van der Waals surface area contributed by atoms with E-state index < -0.39 is 0 Å². The lowest BCUT2D eigenvalue weighted by Gasteiger charge is -2.24. The molecular weight excluding hydrogens is 525 g/mol. The number of carbonyl (C=O) groups excluding carboxylic acids is 1. The molecule has 4 aromatic carbocycles. The Hall–Kier alpha value is -3.67. The minimum atomic E-state index is -0.323. The monoisotopic (exact) mass is 557 g/mol. The maximum absolute atomic E-state index is 15.5. The van der Waals surface area contributed by atoms with E-state index in [0.717, 1.165) is 35.1 Å². The Morgan fingerprint density at radius 1 is 0.900 bits per heavy atom. The second kappa shape index (κ2) is 13.1. The Morgan fingerprint density at radius 2 is 1.65 bits per heavy atom. The number of hydrogen-bond acceptors (Lipinski definition) is 3. The SMILES string of the molecule is O=C(NCCO)c1ccc(-c2ccc(Cl)cc2)c(COc2ccc(-c3ccccc3C3CCCCC3)c(F)c2)c1. The highest BCUT2D eigenvalue weighted by Crippen LogP contribution is 2.39. The molecule has 1 fully saturated rings. The number of aliphatic hydroxyl groups is 1. The third kappa shape index (κ3) is 6.55. The van der Waals surface area contributed by atoms with Crippen molar-refractivity contribution in [1.82, 2.24) is 5.32 Å². The number of halogens is 2. The van der Waals surface area contributed by atoms with Crippen LogP contribution in [0.2, 0.25) is 5.02 Å². The third-order valence-electron chi connectivity index (χ3n) is 7.55. The summed E-state index contributed by atoms with van der Waals surface area (Å²) < 4.78 is 21.6. The first-order valence-corrected chi connectivity index (χ1v) is 14.2.